The Morgan fingerprint density at radius 2 is 2.09 bits per heavy atom. The van der Waals surface area contributed by atoms with Crippen LogP contribution in [0.25, 0.3) is 0 Å². The zero-order valence-electron chi connectivity index (χ0n) is 6.06. The van der Waals surface area contributed by atoms with E-state index >= 15 is 0 Å². The molecule has 0 saturated carbocycles. The quantitative estimate of drug-likeness (QED) is 0.517. The molecule has 0 aromatic heterocycles. The predicted octanol–water partition coefficient (Wildman–Crippen LogP) is -0.0392. The first-order valence-electron chi connectivity index (χ1n) is 4.04. The monoisotopic (exact) mass is 174 g/mol. The highest BCUT2D eigenvalue weighted by Crippen LogP contribution is 2.48. The predicted molar refractivity (Wildman–Crippen MR) is 39.0 cm³/mol. The normalized spacial score (nSPS) is 57.1. The highest BCUT2D eigenvalue weighted by molar-refractivity contribution is 7.92. The molecule has 4 heteroatoms. The van der Waals surface area contributed by atoms with Crippen molar-refractivity contribution in [2.75, 3.05) is 5.75 Å². The van der Waals surface area contributed by atoms with Gasteiger partial charge in [-0.25, -0.2) is 8.42 Å². The Kier molecular flexibility index (Phi) is 0.958. The van der Waals surface area contributed by atoms with Gasteiger partial charge in [-0.2, -0.15) is 0 Å². The van der Waals surface area contributed by atoms with Gasteiger partial charge in [0.1, 0.15) is 0 Å². The van der Waals surface area contributed by atoms with Crippen molar-refractivity contribution in [2.45, 2.75) is 30.3 Å². The van der Waals surface area contributed by atoms with Crippen LogP contribution < -0.4 is 0 Å². The van der Waals surface area contributed by atoms with Crippen LogP contribution in [0.5, 0.6) is 0 Å². The van der Waals surface area contributed by atoms with Crippen molar-refractivity contribution in [2.24, 2.45) is 5.92 Å². The molecule has 62 valence electrons. The van der Waals surface area contributed by atoms with Gasteiger partial charge in [-0.1, -0.05) is 0 Å². The smallest absolute Gasteiger partial charge is 0.156 e. The van der Waals surface area contributed by atoms with E-state index in [4.69, 9.17) is 4.74 Å². The van der Waals surface area contributed by atoms with Crippen LogP contribution in [-0.2, 0) is 14.6 Å². The van der Waals surface area contributed by atoms with E-state index in [1.807, 2.05) is 0 Å². The maximum absolute atomic E-state index is 11.4. The molecule has 3 rings (SSSR count). The largest absolute Gasteiger partial charge is 0.373 e. The molecule has 3 aliphatic rings. The van der Waals surface area contributed by atoms with Gasteiger partial charge in [-0.3, -0.25) is 0 Å². The minimum atomic E-state index is -2.76. The second kappa shape index (κ2) is 1.64. The Balaban J connectivity index is 2.14. The molecule has 0 aliphatic carbocycles. The van der Waals surface area contributed by atoms with Crippen molar-refractivity contribution >= 4 is 9.84 Å². The molecule has 0 spiro atoms. The fourth-order valence-electron chi connectivity index (χ4n) is 2.73. The van der Waals surface area contributed by atoms with Crippen LogP contribution in [0, 0.1) is 5.92 Å². The van der Waals surface area contributed by atoms with E-state index < -0.39 is 9.84 Å². The van der Waals surface area contributed by atoms with Crippen molar-refractivity contribution in [3.8, 4) is 0 Å². The Bertz CT molecular complexity index is 293. The first kappa shape index (κ1) is 6.43. The second-order valence-corrected chi connectivity index (χ2v) is 6.09. The molecule has 3 saturated heterocycles. The molecule has 11 heavy (non-hydrogen) atoms. The highest BCUT2D eigenvalue weighted by Gasteiger charge is 2.58. The molecule has 0 radical (unpaired) electrons. The number of hydrogen-bond acceptors (Lipinski definition) is 3. The van der Waals surface area contributed by atoms with Crippen LogP contribution in [0.4, 0.5) is 0 Å². The van der Waals surface area contributed by atoms with Crippen molar-refractivity contribution in [3.63, 3.8) is 0 Å². The standard InChI is InChI=1S/C7H10O3S/c8-11(9)3-4-1-5-2-6(11)7(4)10-5/h4-7H,1-3H2. The molecule has 3 aliphatic heterocycles. The van der Waals surface area contributed by atoms with Crippen molar-refractivity contribution < 1.29 is 13.2 Å². The summed E-state index contributed by atoms with van der Waals surface area (Å²) >= 11 is 0. The van der Waals surface area contributed by atoms with Gasteiger partial charge in [0, 0.05) is 5.92 Å². The minimum Gasteiger partial charge on any atom is -0.373 e. The summed E-state index contributed by atoms with van der Waals surface area (Å²) in [5, 5.41) is -0.133. The van der Waals surface area contributed by atoms with Crippen molar-refractivity contribution in [3.05, 3.63) is 0 Å². The van der Waals surface area contributed by atoms with Crippen LogP contribution >= 0.6 is 0 Å². The topological polar surface area (TPSA) is 43.4 Å². The molecule has 0 N–H and O–H groups in total. The van der Waals surface area contributed by atoms with Gasteiger partial charge >= 0.3 is 0 Å². The molecule has 3 fully saturated rings. The van der Waals surface area contributed by atoms with Gasteiger partial charge in [-0.05, 0) is 12.8 Å². The first-order valence-corrected chi connectivity index (χ1v) is 5.75. The SMILES string of the molecule is O=S1(=O)CC2CC3CC1C2O3. The Morgan fingerprint density at radius 1 is 1.27 bits per heavy atom. The Hall–Kier alpha value is -0.0900. The summed E-state index contributed by atoms with van der Waals surface area (Å²) in [5.41, 5.74) is 0. The zero-order chi connectivity index (χ0) is 7.64. The molecule has 3 heterocycles. The summed E-state index contributed by atoms with van der Waals surface area (Å²) < 4.78 is 28.3. The van der Waals surface area contributed by atoms with E-state index in [1.165, 1.54) is 0 Å². The lowest BCUT2D eigenvalue weighted by Crippen LogP contribution is -2.24. The maximum Gasteiger partial charge on any atom is 0.156 e. The van der Waals surface area contributed by atoms with Crippen molar-refractivity contribution in [1.82, 2.24) is 0 Å². The number of sulfone groups is 1. The average Bonchev–Trinajstić information content (AvgIpc) is 2.44. The highest BCUT2D eigenvalue weighted by atomic mass is 32.2. The Morgan fingerprint density at radius 3 is 2.64 bits per heavy atom. The van der Waals surface area contributed by atoms with Gasteiger partial charge in [0.25, 0.3) is 0 Å². The van der Waals surface area contributed by atoms with Gasteiger partial charge in [0.2, 0.25) is 0 Å². The van der Waals surface area contributed by atoms with E-state index in [2.05, 4.69) is 0 Å². The molecule has 4 unspecified atom stereocenters. The zero-order valence-corrected chi connectivity index (χ0v) is 6.88. The summed E-state index contributed by atoms with van der Waals surface area (Å²) in [6.07, 6.45) is 2.10. The molecule has 0 aromatic carbocycles. The van der Waals surface area contributed by atoms with Crippen LogP contribution in [0.2, 0.25) is 0 Å². The number of fused-ring (bicyclic) bond motifs is 1. The third-order valence-electron chi connectivity index (χ3n) is 3.15. The van der Waals surface area contributed by atoms with E-state index in [0.29, 0.717) is 11.7 Å². The molecular formula is C7H10O3S. The molecule has 2 bridgehead atoms. The minimum absolute atomic E-state index is 0.0741. The van der Waals surface area contributed by atoms with Crippen molar-refractivity contribution in [1.29, 1.82) is 0 Å². The summed E-state index contributed by atoms with van der Waals surface area (Å²) in [5.74, 6) is 0.725. The first-order chi connectivity index (χ1) is 5.17. The average molecular weight is 174 g/mol. The van der Waals surface area contributed by atoms with Gasteiger partial charge in [0.15, 0.2) is 9.84 Å². The van der Waals surface area contributed by atoms with Crippen LogP contribution in [0.15, 0.2) is 0 Å². The molecule has 3 nitrogen and oxygen atoms in total. The molecule has 0 amide bonds. The Labute approximate surface area is 65.7 Å². The number of hydrogen-bond donors (Lipinski definition) is 0. The number of ether oxygens (including phenoxy) is 1. The van der Waals surface area contributed by atoms with Gasteiger partial charge < -0.3 is 4.74 Å². The van der Waals surface area contributed by atoms with Gasteiger partial charge in [-0.15, -0.1) is 0 Å². The summed E-state index contributed by atoms with van der Waals surface area (Å²) in [4.78, 5) is 0. The van der Waals surface area contributed by atoms with Crippen LogP contribution in [-0.4, -0.2) is 31.6 Å². The van der Waals surface area contributed by atoms with E-state index in [0.717, 1.165) is 12.8 Å². The lowest BCUT2D eigenvalue weighted by Gasteiger charge is -2.10. The van der Waals surface area contributed by atoms with Crippen LogP contribution in [0.3, 0.4) is 0 Å². The van der Waals surface area contributed by atoms with E-state index in [9.17, 15) is 8.42 Å². The fourth-order valence-corrected chi connectivity index (χ4v) is 5.11. The second-order valence-electron chi connectivity index (χ2n) is 3.82. The van der Waals surface area contributed by atoms with Gasteiger partial charge in [0.05, 0.1) is 23.2 Å². The third kappa shape index (κ3) is 0.649. The molecular weight excluding hydrogens is 164 g/mol. The molecule has 4 atom stereocenters. The van der Waals surface area contributed by atoms with E-state index in [-0.39, 0.29) is 17.5 Å². The fraction of sp³-hybridized carbons (Fsp3) is 1.00. The van der Waals surface area contributed by atoms with Crippen LogP contribution in [0.1, 0.15) is 12.8 Å². The summed E-state index contributed by atoms with van der Waals surface area (Å²) in [6, 6.07) is 0. The lowest BCUT2D eigenvalue weighted by molar-refractivity contribution is 0.0988. The number of rotatable bonds is 0. The summed E-state index contributed by atoms with van der Waals surface area (Å²) in [6.45, 7) is 0. The molecule has 0 aromatic rings. The lowest BCUT2D eigenvalue weighted by atomic mass is 9.91. The summed E-state index contributed by atoms with van der Waals surface area (Å²) in [7, 11) is -2.76. The third-order valence-corrected chi connectivity index (χ3v) is 5.43. The van der Waals surface area contributed by atoms with E-state index in [1.54, 1.807) is 0 Å². The maximum atomic E-state index is 11.4.